The first-order valence-electron chi connectivity index (χ1n) is 6.66. The van der Waals surface area contributed by atoms with E-state index in [0.29, 0.717) is 5.02 Å². The van der Waals surface area contributed by atoms with E-state index in [1.165, 1.54) is 0 Å². The molecule has 0 aliphatic heterocycles. The number of furan rings is 1. The summed E-state index contributed by atoms with van der Waals surface area (Å²) in [5.74, 6) is 6.51. The predicted octanol–water partition coefficient (Wildman–Crippen LogP) is 2.99. The number of rotatable bonds is 3. The number of nitrogens with two attached hydrogens (primary N) is 1. The lowest BCUT2D eigenvalue weighted by Gasteiger charge is -2.14. The standard InChI is InChI=1S/C15H17ClN4O/c1-8-14(9(2)20(3)19-8)15(18-17)13-7-10-6-11(16)4-5-12(10)21-13/h4-7,15,18H,17H2,1-3H3. The molecule has 0 spiro atoms. The van der Waals surface area contributed by atoms with Gasteiger partial charge in [0.1, 0.15) is 17.4 Å². The number of fused-ring (bicyclic) bond motifs is 1. The summed E-state index contributed by atoms with van der Waals surface area (Å²) in [6.45, 7) is 3.98. The molecule has 1 unspecified atom stereocenters. The van der Waals surface area contributed by atoms with E-state index in [4.69, 9.17) is 21.9 Å². The fraction of sp³-hybridized carbons (Fsp3) is 0.267. The van der Waals surface area contributed by atoms with Crippen LogP contribution in [0.4, 0.5) is 0 Å². The summed E-state index contributed by atoms with van der Waals surface area (Å²) < 4.78 is 7.75. The molecule has 2 aromatic heterocycles. The van der Waals surface area contributed by atoms with Gasteiger partial charge in [-0.05, 0) is 38.1 Å². The highest BCUT2D eigenvalue weighted by molar-refractivity contribution is 6.31. The molecule has 6 heteroatoms. The van der Waals surface area contributed by atoms with E-state index in [0.717, 1.165) is 33.7 Å². The molecule has 3 aromatic rings. The van der Waals surface area contributed by atoms with Crippen molar-refractivity contribution in [1.29, 1.82) is 0 Å². The molecule has 0 fully saturated rings. The van der Waals surface area contributed by atoms with Gasteiger partial charge in [0.05, 0.1) is 5.69 Å². The summed E-state index contributed by atoms with van der Waals surface area (Å²) in [7, 11) is 1.91. The molecule has 3 rings (SSSR count). The van der Waals surface area contributed by atoms with Crippen molar-refractivity contribution in [3.05, 3.63) is 52.0 Å². The molecule has 0 aliphatic rings. The van der Waals surface area contributed by atoms with Crippen molar-refractivity contribution in [2.75, 3.05) is 0 Å². The number of benzene rings is 1. The molecular weight excluding hydrogens is 288 g/mol. The topological polar surface area (TPSA) is 69.0 Å². The SMILES string of the molecule is Cc1nn(C)c(C)c1C(NN)c1cc2cc(Cl)ccc2o1. The number of nitrogens with one attached hydrogen (secondary N) is 1. The molecule has 0 amide bonds. The number of aromatic nitrogens is 2. The summed E-state index contributed by atoms with van der Waals surface area (Å²) in [4.78, 5) is 0. The van der Waals surface area contributed by atoms with Crippen molar-refractivity contribution in [2.24, 2.45) is 12.9 Å². The van der Waals surface area contributed by atoms with E-state index in [1.807, 2.05) is 49.8 Å². The van der Waals surface area contributed by atoms with Gasteiger partial charge in [0.2, 0.25) is 0 Å². The van der Waals surface area contributed by atoms with Crippen LogP contribution < -0.4 is 11.3 Å². The van der Waals surface area contributed by atoms with E-state index in [-0.39, 0.29) is 6.04 Å². The van der Waals surface area contributed by atoms with Gasteiger partial charge >= 0.3 is 0 Å². The average Bonchev–Trinajstić information content (AvgIpc) is 2.95. The van der Waals surface area contributed by atoms with E-state index in [2.05, 4.69) is 10.5 Å². The van der Waals surface area contributed by atoms with Crippen molar-refractivity contribution in [1.82, 2.24) is 15.2 Å². The maximum Gasteiger partial charge on any atom is 0.134 e. The fourth-order valence-electron chi connectivity index (χ4n) is 2.69. The molecule has 21 heavy (non-hydrogen) atoms. The number of nitrogens with zero attached hydrogens (tertiary/aromatic N) is 2. The largest absolute Gasteiger partial charge is 0.459 e. The van der Waals surface area contributed by atoms with E-state index in [1.54, 1.807) is 0 Å². The molecule has 1 atom stereocenters. The quantitative estimate of drug-likeness (QED) is 0.576. The Hall–Kier alpha value is -1.82. The number of aryl methyl sites for hydroxylation is 2. The molecule has 5 nitrogen and oxygen atoms in total. The minimum atomic E-state index is -0.245. The van der Waals surface area contributed by atoms with Crippen LogP contribution in [0.3, 0.4) is 0 Å². The minimum Gasteiger partial charge on any atom is -0.459 e. The third-order valence-corrected chi connectivity index (χ3v) is 4.04. The zero-order valence-corrected chi connectivity index (χ0v) is 12.9. The van der Waals surface area contributed by atoms with Crippen molar-refractivity contribution >= 4 is 22.6 Å². The van der Waals surface area contributed by atoms with Crippen LogP contribution in [0.15, 0.2) is 28.7 Å². The summed E-state index contributed by atoms with van der Waals surface area (Å²) in [6.07, 6.45) is 0. The summed E-state index contributed by atoms with van der Waals surface area (Å²) >= 11 is 6.02. The first kappa shape index (κ1) is 14.1. The van der Waals surface area contributed by atoms with E-state index in [9.17, 15) is 0 Å². The zero-order valence-electron chi connectivity index (χ0n) is 12.1. The lowest BCUT2D eigenvalue weighted by atomic mass is 10.0. The van der Waals surface area contributed by atoms with Gasteiger partial charge < -0.3 is 4.42 Å². The Morgan fingerprint density at radius 1 is 1.33 bits per heavy atom. The zero-order chi connectivity index (χ0) is 15.1. The normalized spacial score (nSPS) is 13.0. The maximum atomic E-state index is 6.02. The monoisotopic (exact) mass is 304 g/mol. The summed E-state index contributed by atoms with van der Waals surface area (Å²) in [5, 5.41) is 6.07. The lowest BCUT2D eigenvalue weighted by molar-refractivity contribution is 0.475. The van der Waals surface area contributed by atoms with Crippen molar-refractivity contribution < 1.29 is 4.42 Å². The van der Waals surface area contributed by atoms with Gasteiger partial charge in [-0.1, -0.05) is 11.6 Å². The average molecular weight is 305 g/mol. The van der Waals surface area contributed by atoms with Crippen molar-refractivity contribution in [3.8, 4) is 0 Å². The predicted molar refractivity (Wildman–Crippen MR) is 83.1 cm³/mol. The summed E-state index contributed by atoms with van der Waals surface area (Å²) in [6, 6.07) is 7.25. The Balaban J connectivity index is 2.13. The van der Waals surface area contributed by atoms with Crippen LogP contribution in [0, 0.1) is 13.8 Å². The Morgan fingerprint density at radius 3 is 2.71 bits per heavy atom. The Kier molecular flexibility index (Phi) is 3.49. The molecule has 3 N–H and O–H groups in total. The number of hydrogen-bond acceptors (Lipinski definition) is 4. The first-order chi connectivity index (χ1) is 10.0. The van der Waals surface area contributed by atoms with Crippen LogP contribution in [-0.2, 0) is 7.05 Å². The van der Waals surface area contributed by atoms with Crippen LogP contribution in [0.2, 0.25) is 5.02 Å². The lowest BCUT2D eigenvalue weighted by Crippen LogP contribution is -2.29. The molecule has 0 saturated heterocycles. The minimum absolute atomic E-state index is 0.245. The van der Waals surface area contributed by atoms with Crippen LogP contribution in [-0.4, -0.2) is 9.78 Å². The fourth-order valence-corrected chi connectivity index (χ4v) is 2.87. The van der Waals surface area contributed by atoms with Gasteiger partial charge in [-0.3, -0.25) is 10.5 Å². The Morgan fingerprint density at radius 2 is 2.10 bits per heavy atom. The highest BCUT2D eigenvalue weighted by Gasteiger charge is 2.24. The van der Waals surface area contributed by atoms with Crippen LogP contribution in [0.1, 0.15) is 28.8 Å². The van der Waals surface area contributed by atoms with Gasteiger partial charge in [0, 0.05) is 28.7 Å². The number of hydrazine groups is 1. The number of hydrogen-bond donors (Lipinski definition) is 2. The highest BCUT2D eigenvalue weighted by atomic mass is 35.5. The van der Waals surface area contributed by atoms with Gasteiger partial charge in [0.15, 0.2) is 0 Å². The second-order valence-electron chi connectivity index (χ2n) is 5.14. The van der Waals surface area contributed by atoms with Gasteiger partial charge in [-0.25, -0.2) is 5.43 Å². The molecule has 0 saturated carbocycles. The molecule has 2 heterocycles. The van der Waals surface area contributed by atoms with E-state index < -0.39 is 0 Å². The first-order valence-corrected chi connectivity index (χ1v) is 7.04. The molecule has 0 radical (unpaired) electrons. The highest BCUT2D eigenvalue weighted by Crippen LogP contribution is 2.31. The third kappa shape index (κ3) is 2.33. The maximum absolute atomic E-state index is 6.02. The third-order valence-electron chi connectivity index (χ3n) is 3.80. The second-order valence-corrected chi connectivity index (χ2v) is 5.58. The number of halogens is 1. The summed E-state index contributed by atoms with van der Waals surface area (Å²) in [5.41, 5.74) is 6.62. The van der Waals surface area contributed by atoms with Crippen LogP contribution >= 0.6 is 11.6 Å². The molecule has 0 aliphatic carbocycles. The molecule has 1 aromatic carbocycles. The van der Waals surface area contributed by atoms with Crippen LogP contribution in [0.5, 0.6) is 0 Å². The Bertz CT molecular complexity index is 805. The van der Waals surface area contributed by atoms with Crippen molar-refractivity contribution in [2.45, 2.75) is 19.9 Å². The van der Waals surface area contributed by atoms with Gasteiger partial charge in [0.25, 0.3) is 0 Å². The smallest absolute Gasteiger partial charge is 0.134 e. The molecule has 110 valence electrons. The van der Waals surface area contributed by atoms with Gasteiger partial charge in [-0.2, -0.15) is 5.10 Å². The molecular formula is C15H17ClN4O. The van der Waals surface area contributed by atoms with Crippen LogP contribution in [0.25, 0.3) is 11.0 Å². The van der Waals surface area contributed by atoms with Gasteiger partial charge in [-0.15, -0.1) is 0 Å². The van der Waals surface area contributed by atoms with Crippen molar-refractivity contribution in [3.63, 3.8) is 0 Å². The second kappa shape index (κ2) is 5.18. The Labute approximate surface area is 127 Å². The molecule has 0 bridgehead atoms. The van der Waals surface area contributed by atoms with E-state index >= 15 is 0 Å².